The van der Waals surface area contributed by atoms with Gasteiger partial charge in [0.05, 0.1) is 4.90 Å². The van der Waals surface area contributed by atoms with Crippen LogP contribution in [0.5, 0.6) is 0 Å². The highest BCUT2D eigenvalue weighted by molar-refractivity contribution is 7.89. The number of H-pyrrole nitrogens is 1. The first-order chi connectivity index (χ1) is 13.3. The minimum Gasteiger partial charge on any atom is -0.480 e. The smallest absolute Gasteiger partial charge is 0.322 e. The molecule has 0 saturated carbocycles. The van der Waals surface area contributed by atoms with Crippen molar-refractivity contribution in [2.24, 2.45) is 0 Å². The Morgan fingerprint density at radius 2 is 1.79 bits per heavy atom. The Morgan fingerprint density at radius 1 is 1.11 bits per heavy atom. The molecule has 0 fully saturated rings. The SMILES string of the molecule is CC(=O)Nc1ccc(S(=O)(=O)N[C@H](Cc2c[nH]c3ccccc23)C(=O)O)cc1. The number of aromatic amines is 1. The van der Waals surface area contributed by atoms with Crippen molar-refractivity contribution in [3.8, 4) is 0 Å². The number of carboxylic acid groups (broad SMARTS) is 1. The molecule has 0 saturated heterocycles. The van der Waals surface area contributed by atoms with E-state index in [9.17, 15) is 23.1 Å². The molecule has 0 aliphatic rings. The van der Waals surface area contributed by atoms with Gasteiger partial charge in [-0.1, -0.05) is 18.2 Å². The molecule has 8 nitrogen and oxygen atoms in total. The number of carbonyl (C=O) groups excluding carboxylic acids is 1. The van der Waals surface area contributed by atoms with Crippen LogP contribution in [0, 0.1) is 0 Å². The zero-order chi connectivity index (χ0) is 20.3. The molecule has 0 unspecified atom stereocenters. The van der Waals surface area contributed by atoms with Crippen molar-refractivity contribution in [2.75, 3.05) is 5.32 Å². The summed E-state index contributed by atoms with van der Waals surface area (Å²) >= 11 is 0. The molecule has 2 aromatic carbocycles. The molecule has 0 aliphatic carbocycles. The van der Waals surface area contributed by atoms with Gasteiger partial charge in [0.15, 0.2) is 0 Å². The quantitative estimate of drug-likeness (QED) is 0.482. The summed E-state index contributed by atoms with van der Waals surface area (Å²) in [5.41, 5.74) is 1.99. The number of carboxylic acids is 1. The molecular weight excluding hydrogens is 382 g/mol. The van der Waals surface area contributed by atoms with E-state index < -0.39 is 22.0 Å². The van der Waals surface area contributed by atoms with Crippen LogP contribution in [0.4, 0.5) is 5.69 Å². The van der Waals surface area contributed by atoms with E-state index in [1.807, 2.05) is 24.3 Å². The van der Waals surface area contributed by atoms with Crippen LogP contribution in [0.2, 0.25) is 0 Å². The van der Waals surface area contributed by atoms with Gasteiger partial charge in [-0.05, 0) is 35.9 Å². The minimum absolute atomic E-state index is 0.0114. The molecule has 0 aliphatic heterocycles. The molecule has 0 spiro atoms. The van der Waals surface area contributed by atoms with Gasteiger partial charge in [0, 0.05) is 36.1 Å². The number of nitrogens with one attached hydrogen (secondary N) is 3. The average molecular weight is 401 g/mol. The molecule has 1 aromatic heterocycles. The summed E-state index contributed by atoms with van der Waals surface area (Å²) in [6.45, 7) is 1.34. The van der Waals surface area contributed by atoms with E-state index in [-0.39, 0.29) is 17.2 Å². The predicted octanol–water partition coefficient (Wildman–Crippen LogP) is 2.10. The number of fused-ring (bicyclic) bond motifs is 1. The fraction of sp³-hybridized carbons (Fsp3) is 0.158. The van der Waals surface area contributed by atoms with Crippen molar-refractivity contribution in [3.63, 3.8) is 0 Å². The first-order valence-corrected chi connectivity index (χ1v) is 9.92. The van der Waals surface area contributed by atoms with E-state index in [1.54, 1.807) is 6.20 Å². The Morgan fingerprint density at radius 3 is 2.43 bits per heavy atom. The fourth-order valence-corrected chi connectivity index (χ4v) is 4.06. The van der Waals surface area contributed by atoms with Gasteiger partial charge < -0.3 is 15.4 Å². The van der Waals surface area contributed by atoms with Crippen LogP contribution in [-0.2, 0) is 26.0 Å². The van der Waals surface area contributed by atoms with Crippen LogP contribution in [0.15, 0.2) is 59.6 Å². The highest BCUT2D eigenvalue weighted by Crippen LogP contribution is 2.20. The summed E-state index contributed by atoms with van der Waals surface area (Å²) in [7, 11) is -4.06. The first-order valence-electron chi connectivity index (χ1n) is 8.44. The highest BCUT2D eigenvalue weighted by atomic mass is 32.2. The monoisotopic (exact) mass is 401 g/mol. The maximum Gasteiger partial charge on any atom is 0.322 e. The second-order valence-electron chi connectivity index (χ2n) is 6.28. The van der Waals surface area contributed by atoms with Gasteiger partial charge in [-0.3, -0.25) is 9.59 Å². The number of benzene rings is 2. The van der Waals surface area contributed by atoms with Crippen molar-refractivity contribution < 1.29 is 23.1 Å². The third kappa shape index (κ3) is 4.38. The minimum atomic E-state index is -4.06. The highest BCUT2D eigenvalue weighted by Gasteiger charge is 2.26. The third-order valence-electron chi connectivity index (χ3n) is 4.18. The maximum absolute atomic E-state index is 12.6. The van der Waals surface area contributed by atoms with Crippen LogP contribution < -0.4 is 10.0 Å². The van der Waals surface area contributed by atoms with Crippen LogP contribution in [0.1, 0.15) is 12.5 Å². The van der Waals surface area contributed by atoms with Crippen molar-refractivity contribution in [1.29, 1.82) is 0 Å². The zero-order valence-electron chi connectivity index (χ0n) is 15.0. The maximum atomic E-state index is 12.6. The van der Waals surface area contributed by atoms with E-state index in [2.05, 4.69) is 15.0 Å². The Labute approximate surface area is 161 Å². The summed E-state index contributed by atoms with van der Waals surface area (Å²) in [6.07, 6.45) is 1.67. The number of para-hydroxylation sites is 1. The molecule has 4 N–H and O–H groups in total. The van der Waals surface area contributed by atoms with Gasteiger partial charge in [-0.25, -0.2) is 8.42 Å². The Bertz CT molecular complexity index is 1120. The molecule has 146 valence electrons. The number of anilines is 1. The number of aliphatic carboxylic acids is 1. The number of aromatic nitrogens is 1. The summed E-state index contributed by atoms with van der Waals surface area (Å²) in [4.78, 5) is 25.7. The Balaban J connectivity index is 1.81. The van der Waals surface area contributed by atoms with E-state index in [0.29, 0.717) is 11.3 Å². The van der Waals surface area contributed by atoms with Crippen molar-refractivity contribution in [1.82, 2.24) is 9.71 Å². The van der Waals surface area contributed by atoms with Crippen molar-refractivity contribution >= 4 is 38.5 Å². The summed E-state index contributed by atoms with van der Waals surface area (Å²) in [5.74, 6) is -1.55. The molecule has 0 bridgehead atoms. The lowest BCUT2D eigenvalue weighted by molar-refractivity contribution is -0.138. The van der Waals surface area contributed by atoms with E-state index in [4.69, 9.17) is 0 Å². The fourth-order valence-electron chi connectivity index (χ4n) is 2.88. The Hall–Kier alpha value is -3.17. The predicted molar refractivity (Wildman–Crippen MR) is 104 cm³/mol. The number of hydrogen-bond donors (Lipinski definition) is 4. The lowest BCUT2D eigenvalue weighted by Gasteiger charge is -2.15. The number of sulfonamides is 1. The molecule has 1 atom stereocenters. The number of hydrogen-bond acceptors (Lipinski definition) is 4. The number of rotatable bonds is 7. The molecule has 0 radical (unpaired) electrons. The average Bonchev–Trinajstić information content (AvgIpc) is 3.04. The first kappa shape index (κ1) is 19.6. The van der Waals surface area contributed by atoms with Gasteiger partial charge in [-0.15, -0.1) is 0 Å². The standard InChI is InChI=1S/C19H19N3O5S/c1-12(23)21-14-6-8-15(9-7-14)28(26,27)22-18(19(24)25)10-13-11-20-17-5-3-2-4-16(13)17/h2-9,11,18,20,22H,10H2,1H3,(H,21,23)(H,24,25)/t18-/m1/s1. The van der Waals surface area contributed by atoms with E-state index >= 15 is 0 Å². The molecule has 3 aromatic rings. The van der Waals surface area contributed by atoms with Gasteiger partial charge in [-0.2, -0.15) is 4.72 Å². The van der Waals surface area contributed by atoms with Crippen LogP contribution >= 0.6 is 0 Å². The van der Waals surface area contributed by atoms with Gasteiger partial charge in [0.2, 0.25) is 15.9 Å². The van der Waals surface area contributed by atoms with E-state index in [1.165, 1.54) is 31.2 Å². The molecular formula is C19H19N3O5S. The summed E-state index contributed by atoms with van der Waals surface area (Å²) < 4.78 is 27.4. The molecule has 3 rings (SSSR count). The van der Waals surface area contributed by atoms with Crippen LogP contribution in [-0.4, -0.2) is 36.4 Å². The summed E-state index contributed by atoms with van der Waals surface area (Å²) in [6, 6.07) is 11.5. The number of amides is 1. The topological polar surface area (TPSA) is 128 Å². The van der Waals surface area contributed by atoms with Crippen LogP contribution in [0.3, 0.4) is 0 Å². The second-order valence-corrected chi connectivity index (χ2v) is 8.00. The van der Waals surface area contributed by atoms with Gasteiger partial charge in [0.25, 0.3) is 0 Å². The van der Waals surface area contributed by atoms with E-state index in [0.717, 1.165) is 10.9 Å². The van der Waals surface area contributed by atoms with Gasteiger partial charge >= 0.3 is 5.97 Å². The third-order valence-corrected chi connectivity index (χ3v) is 5.67. The normalized spacial score (nSPS) is 12.6. The Kier molecular flexibility index (Phi) is 5.48. The lowest BCUT2D eigenvalue weighted by Crippen LogP contribution is -2.42. The largest absolute Gasteiger partial charge is 0.480 e. The number of carbonyl (C=O) groups is 2. The van der Waals surface area contributed by atoms with Crippen molar-refractivity contribution in [3.05, 3.63) is 60.3 Å². The van der Waals surface area contributed by atoms with Crippen LogP contribution in [0.25, 0.3) is 10.9 Å². The molecule has 1 amide bonds. The molecule has 1 heterocycles. The lowest BCUT2D eigenvalue weighted by atomic mass is 10.1. The summed E-state index contributed by atoms with van der Waals surface area (Å²) in [5, 5.41) is 12.9. The second kappa shape index (κ2) is 7.83. The van der Waals surface area contributed by atoms with Crippen molar-refractivity contribution in [2.45, 2.75) is 24.3 Å². The zero-order valence-corrected chi connectivity index (χ0v) is 15.8. The molecule has 28 heavy (non-hydrogen) atoms. The molecule has 9 heteroatoms. The van der Waals surface area contributed by atoms with Gasteiger partial charge in [0.1, 0.15) is 6.04 Å².